The van der Waals surface area contributed by atoms with E-state index in [0.29, 0.717) is 26.2 Å². The van der Waals surface area contributed by atoms with Crippen LogP contribution in [0, 0.1) is 13.8 Å². The first kappa shape index (κ1) is 13.8. The second-order valence-electron chi connectivity index (χ2n) is 5.28. The van der Waals surface area contributed by atoms with Gasteiger partial charge in [0.15, 0.2) is 0 Å². The number of carbonyl (C=O) groups excluding carboxylic acids is 1. The zero-order valence-electron chi connectivity index (χ0n) is 12.2. The maximum Gasteiger partial charge on any atom is 0.227 e. The molecule has 7 nitrogen and oxygen atoms in total. The number of hydrogen-bond acceptors (Lipinski definition) is 4. The van der Waals surface area contributed by atoms with Crippen molar-refractivity contribution in [3.05, 3.63) is 34.9 Å². The third-order valence-electron chi connectivity index (χ3n) is 3.94. The molecule has 1 saturated heterocycles. The molecule has 3 heterocycles. The normalized spacial score (nSPS) is 19.0. The smallest absolute Gasteiger partial charge is 0.227 e. The second kappa shape index (κ2) is 5.69. The van der Waals surface area contributed by atoms with Crippen molar-refractivity contribution in [2.75, 3.05) is 19.8 Å². The number of hydrogen-bond donors (Lipinski definition) is 2. The Balaban J connectivity index is 1.79. The van der Waals surface area contributed by atoms with Crippen molar-refractivity contribution in [2.45, 2.75) is 26.3 Å². The van der Waals surface area contributed by atoms with Crippen molar-refractivity contribution >= 4 is 5.91 Å². The molecule has 1 fully saturated rings. The number of H-pyrrole nitrogens is 2. The van der Waals surface area contributed by atoms with Crippen LogP contribution in [0.15, 0.2) is 12.3 Å². The van der Waals surface area contributed by atoms with Crippen LogP contribution in [0.3, 0.4) is 0 Å². The zero-order valence-corrected chi connectivity index (χ0v) is 12.2. The van der Waals surface area contributed by atoms with Crippen LogP contribution in [0.4, 0.5) is 0 Å². The maximum atomic E-state index is 12.7. The first-order valence-corrected chi connectivity index (χ1v) is 7.03. The number of nitrogens with one attached hydrogen (secondary N) is 2. The van der Waals surface area contributed by atoms with Crippen LogP contribution < -0.4 is 0 Å². The van der Waals surface area contributed by atoms with Gasteiger partial charge in [-0.3, -0.25) is 15.0 Å². The highest BCUT2D eigenvalue weighted by Gasteiger charge is 2.30. The molecule has 0 aromatic carbocycles. The minimum absolute atomic E-state index is 0.0884. The Labute approximate surface area is 122 Å². The predicted octanol–water partition coefficient (Wildman–Crippen LogP) is 0.892. The van der Waals surface area contributed by atoms with Crippen LogP contribution in [0.2, 0.25) is 0 Å². The molecule has 0 unspecified atom stereocenters. The number of rotatable bonds is 3. The van der Waals surface area contributed by atoms with Crippen molar-refractivity contribution in [3.63, 3.8) is 0 Å². The summed E-state index contributed by atoms with van der Waals surface area (Å²) >= 11 is 0. The summed E-state index contributed by atoms with van der Waals surface area (Å²) in [5, 5.41) is 14.0. The van der Waals surface area contributed by atoms with E-state index < -0.39 is 0 Å². The molecular formula is C14H19N5O2. The van der Waals surface area contributed by atoms with E-state index in [9.17, 15) is 4.79 Å². The highest BCUT2D eigenvalue weighted by molar-refractivity contribution is 5.79. The van der Waals surface area contributed by atoms with Crippen LogP contribution in [0.25, 0.3) is 0 Å². The quantitative estimate of drug-likeness (QED) is 0.878. The molecule has 1 aliphatic rings. The Kier molecular flexibility index (Phi) is 3.74. The molecule has 7 heteroatoms. The summed E-state index contributed by atoms with van der Waals surface area (Å²) in [6, 6.07) is 1.79. The molecule has 21 heavy (non-hydrogen) atoms. The average molecular weight is 289 g/mol. The van der Waals surface area contributed by atoms with Crippen molar-refractivity contribution in [1.29, 1.82) is 0 Å². The molecule has 0 aliphatic carbocycles. The number of morpholine rings is 1. The fourth-order valence-electron chi connectivity index (χ4n) is 2.70. The van der Waals surface area contributed by atoms with E-state index in [1.165, 1.54) is 0 Å². The van der Waals surface area contributed by atoms with Crippen molar-refractivity contribution < 1.29 is 9.53 Å². The van der Waals surface area contributed by atoms with Crippen LogP contribution in [0.1, 0.15) is 28.7 Å². The topological polar surface area (TPSA) is 86.9 Å². The highest BCUT2D eigenvalue weighted by Crippen LogP contribution is 2.24. The number of amides is 1. The molecule has 1 aliphatic heterocycles. The predicted molar refractivity (Wildman–Crippen MR) is 75.6 cm³/mol. The Hall–Kier alpha value is -2.15. The molecular weight excluding hydrogens is 270 g/mol. The summed E-state index contributed by atoms with van der Waals surface area (Å²) in [6.45, 7) is 5.52. The summed E-state index contributed by atoms with van der Waals surface area (Å²) < 4.78 is 5.51. The van der Waals surface area contributed by atoms with E-state index in [2.05, 4.69) is 20.4 Å². The fraction of sp³-hybridized carbons (Fsp3) is 0.500. The molecule has 0 saturated carbocycles. The van der Waals surface area contributed by atoms with Gasteiger partial charge >= 0.3 is 0 Å². The van der Waals surface area contributed by atoms with Gasteiger partial charge in [0.1, 0.15) is 0 Å². The summed E-state index contributed by atoms with van der Waals surface area (Å²) in [6.07, 6.45) is 2.05. The second-order valence-corrected chi connectivity index (χ2v) is 5.28. The molecule has 2 aromatic heterocycles. The maximum absolute atomic E-state index is 12.7. The third-order valence-corrected chi connectivity index (χ3v) is 3.94. The summed E-state index contributed by atoms with van der Waals surface area (Å²) in [5.41, 5.74) is 3.72. The zero-order chi connectivity index (χ0) is 14.8. The van der Waals surface area contributed by atoms with Crippen molar-refractivity contribution in [2.24, 2.45) is 0 Å². The summed E-state index contributed by atoms with van der Waals surface area (Å²) in [7, 11) is 0. The molecule has 2 aromatic rings. The van der Waals surface area contributed by atoms with E-state index >= 15 is 0 Å². The van der Waals surface area contributed by atoms with Gasteiger partial charge in [0.25, 0.3) is 0 Å². The Morgan fingerprint density at radius 2 is 2.33 bits per heavy atom. The Bertz CT molecular complexity index is 600. The molecule has 0 radical (unpaired) electrons. The van der Waals surface area contributed by atoms with E-state index in [-0.39, 0.29) is 11.9 Å². The molecule has 112 valence electrons. The minimum atomic E-state index is -0.0961. The van der Waals surface area contributed by atoms with Gasteiger partial charge in [-0.25, -0.2) is 0 Å². The van der Waals surface area contributed by atoms with Gasteiger partial charge in [0, 0.05) is 24.0 Å². The van der Waals surface area contributed by atoms with Crippen LogP contribution >= 0.6 is 0 Å². The van der Waals surface area contributed by atoms with Crippen molar-refractivity contribution in [3.8, 4) is 0 Å². The summed E-state index contributed by atoms with van der Waals surface area (Å²) in [4.78, 5) is 14.5. The van der Waals surface area contributed by atoms with Crippen LogP contribution in [0.5, 0.6) is 0 Å². The van der Waals surface area contributed by atoms with Gasteiger partial charge in [-0.05, 0) is 19.9 Å². The van der Waals surface area contributed by atoms with E-state index in [4.69, 9.17) is 4.74 Å². The average Bonchev–Trinajstić information content (AvgIpc) is 3.13. The van der Waals surface area contributed by atoms with Crippen LogP contribution in [-0.2, 0) is 16.0 Å². The molecule has 3 rings (SSSR count). The third kappa shape index (κ3) is 2.69. The number of nitrogens with zero attached hydrogens (tertiary/aromatic N) is 3. The lowest BCUT2D eigenvalue weighted by Crippen LogP contribution is -2.44. The van der Waals surface area contributed by atoms with Crippen molar-refractivity contribution in [1.82, 2.24) is 25.3 Å². The Morgan fingerprint density at radius 1 is 1.48 bits per heavy atom. The highest BCUT2D eigenvalue weighted by atomic mass is 16.5. The standard InChI is InChI=1S/C14H19N5O2/c1-9-11(10(2)17-16-9)7-14(20)19-5-6-21-8-13(19)12-3-4-15-18-12/h3-4,13H,5-8H2,1-2H3,(H,15,18)(H,16,17)/t13-/m1/s1. The van der Waals surface area contributed by atoms with Gasteiger partial charge < -0.3 is 9.64 Å². The van der Waals surface area contributed by atoms with Gasteiger partial charge in [0.05, 0.1) is 37.1 Å². The van der Waals surface area contributed by atoms with Gasteiger partial charge in [0.2, 0.25) is 5.91 Å². The van der Waals surface area contributed by atoms with E-state index in [0.717, 1.165) is 22.6 Å². The van der Waals surface area contributed by atoms with Gasteiger partial charge in [-0.2, -0.15) is 10.2 Å². The molecule has 2 N–H and O–H groups in total. The van der Waals surface area contributed by atoms with Crippen LogP contribution in [-0.4, -0.2) is 51.0 Å². The number of ether oxygens (including phenoxy) is 1. The number of aromatic nitrogens is 4. The molecule has 1 amide bonds. The minimum Gasteiger partial charge on any atom is -0.377 e. The van der Waals surface area contributed by atoms with E-state index in [1.807, 2.05) is 24.8 Å². The number of carbonyl (C=O) groups is 1. The molecule has 0 bridgehead atoms. The fourth-order valence-corrected chi connectivity index (χ4v) is 2.70. The molecule has 1 atom stereocenters. The van der Waals surface area contributed by atoms with Gasteiger partial charge in [-0.15, -0.1) is 0 Å². The SMILES string of the molecule is Cc1n[nH]c(C)c1CC(=O)N1CCOC[C@@H]1c1ccn[nH]1. The lowest BCUT2D eigenvalue weighted by atomic mass is 10.1. The van der Waals surface area contributed by atoms with E-state index in [1.54, 1.807) is 6.20 Å². The summed E-state index contributed by atoms with van der Waals surface area (Å²) in [5.74, 6) is 0.0884. The lowest BCUT2D eigenvalue weighted by molar-refractivity contribution is -0.139. The lowest BCUT2D eigenvalue weighted by Gasteiger charge is -2.35. The number of aromatic amines is 2. The molecule has 0 spiro atoms. The monoisotopic (exact) mass is 289 g/mol. The van der Waals surface area contributed by atoms with Gasteiger partial charge in [-0.1, -0.05) is 0 Å². The number of aryl methyl sites for hydroxylation is 2. The first-order valence-electron chi connectivity index (χ1n) is 7.03. The largest absolute Gasteiger partial charge is 0.377 e. The first-order chi connectivity index (χ1) is 10.2. The Morgan fingerprint density at radius 3 is 3.00 bits per heavy atom.